The van der Waals surface area contributed by atoms with Crippen molar-refractivity contribution in [3.8, 4) is 0 Å². The van der Waals surface area contributed by atoms with Gasteiger partial charge in [-0.05, 0) is 24.8 Å². The highest BCUT2D eigenvalue weighted by Crippen LogP contribution is 2.18. The normalized spacial score (nSPS) is 17.8. The van der Waals surface area contributed by atoms with Gasteiger partial charge >= 0.3 is 5.97 Å². The summed E-state index contributed by atoms with van der Waals surface area (Å²) in [5.74, 6) is -1.19. The van der Waals surface area contributed by atoms with Gasteiger partial charge < -0.3 is 15.7 Å². The number of carbonyl (C=O) groups is 2. The highest BCUT2D eigenvalue weighted by molar-refractivity contribution is 5.82. The van der Waals surface area contributed by atoms with E-state index >= 15 is 0 Å². The Labute approximate surface area is 118 Å². The molecule has 1 atom stereocenters. The van der Waals surface area contributed by atoms with E-state index in [4.69, 9.17) is 10.8 Å². The number of hydrogen-bond donors (Lipinski definition) is 2. The van der Waals surface area contributed by atoms with E-state index < -0.39 is 12.0 Å². The van der Waals surface area contributed by atoms with Crippen LogP contribution in [0.1, 0.15) is 18.4 Å². The van der Waals surface area contributed by atoms with E-state index in [0.717, 1.165) is 5.56 Å². The Balaban J connectivity index is 1.87. The SMILES string of the molecule is N[C@H](Cc1ccccc1)C(=O)N1CCC(C(=O)O)CC1. The topological polar surface area (TPSA) is 83.6 Å². The Hall–Kier alpha value is -1.88. The van der Waals surface area contributed by atoms with Gasteiger partial charge in [0.25, 0.3) is 0 Å². The van der Waals surface area contributed by atoms with Gasteiger partial charge in [0.2, 0.25) is 5.91 Å². The summed E-state index contributed by atoms with van der Waals surface area (Å²) in [7, 11) is 0. The Morgan fingerprint density at radius 2 is 1.85 bits per heavy atom. The van der Waals surface area contributed by atoms with Crippen molar-refractivity contribution in [1.82, 2.24) is 4.90 Å². The molecule has 1 aromatic rings. The third-order valence-electron chi connectivity index (χ3n) is 3.77. The molecule has 20 heavy (non-hydrogen) atoms. The summed E-state index contributed by atoms with van der Waals surface area (Å²) in [5.41, 5.74) is 7.00. The van der Waals surface area contributed by atoms with E-state index in [1.807, 2.05) is 30.3 Å². The van der Waals surface area contributed by atoms with E-state index in [9.17, 15) is 9.59 Å². The second-order valence-corrected chi connectivity index (χ2v) is 5.23. The fraction of sp³-hybridized carbons (Fsp3) is 0.467. The number of carboxylic acids is 1. The van der Waals surface area contributed by atoms with Gasteiger partial charge in [0.15, 0.2) is 0 Å². The van der Waals surface area contributed by atoms with Crippen molar-refractivity contribution in [3.63, 3.8) is 0 Å². The Kier molecular flexibility index (Phi) is 4.74. The molecular formula is C15H20N2O3. The zero-order valence-corrected chi connectivity index (χ0v) is 11.4. The lowest BCUT2D eigenvalue weighted by molar-refractivity contribution is -0.146. The van der Waals surface area contributed by atoms with Crippen LogP contribution in [0.2, 0.25) is 0 Å². The molecule has 1 heterocycles. The van der Waals surface area contributed by atoms with Crippen molar-refractivity contribution in [2.75, 3.05) is 13.1 Å². The van der Waals surface area contributed by atoms with Gasteiger partial charge in [0.1, 0.15) is 0 Å². The van der Waals surface area contributed by atoms with Crippen LogP contribution in [0.4, 0.5) is 0 Å². The summed E-state index contributed by atoms with van der Waals surface area (Å²) in [4.78, 5) is 24.8. The van der Waals surface area contributed by atoms with Crippen molar-refractivity contribution < 1.29 is 14.7 Å². The summed E-state index contributed by atoms with van der Waals surface area (Å²) < 4.78 is 0. The van der Waals surface area contributed by atoms with Crippen LogP contribution >= 0.6 is 0 Å². The number of rotatable bonds is 4. The molecule has 0 spiro atoms. The highest BCUT2D eigenvalue weighted by atomic mass is 16.4. The van der Waals surface area contributed by atoms with E-state index in [2.05, 4.69) is 0 Å². The smallest absolute Gasteiger partial charge is 0.306 e. The van der Waals surface area contributed by atoms with Gasteiger partial charge in [-0.2, -0.15) is 0 Å². The third kappa shape index (κ3) is 3.57. The molecule has 1 saturated heterocycles. The standard InChI is InChI=1S/C15H20N2O3/c16-13(10-11-4-2-1-3-5-11)14(18)17-8-6-12(7-9-17)15(19)20/h1-5,12-13H,6-10,16H2,(H,19,20)/t13-/m1/s1. The molecule has 3 N–H and O–H groups in total. The van der Waals surface area contributed by atoms with Crippen molar-refractivity contribution in [1.29, 1.82) is 0 Å². The molecule has 0 aromatic heterocycles. The predicted octanol–water partition coefficient (Wildman–Crippen LogP) is 0.880. The molecule has 1 aliphatic heterocycles. The quantitative estimate of drug-likeness (QED) is 0.855. The zero-order chi connectivity index (χ0) is 14.5. The van der Waals surface area contributed by atoms with Gasteiger partial charge in [-0.15, -0.1) is 0 Å². The second kappa shape index (κ2) is 6.52. The molecule has 0 aliphatic carbocycles. The Morgan fingerprint density at radius 3 is 2.40 bits per heavy atom. The molecule has 0 radical (unpaired) electrons. The van der Waals surface area contributed by atoms with Crippen LogP contribution in [0.3, 0.4) is 0 Å². The van der Waals surface area contributed by atoms with Crippen molar-refractivity contribution >= 4 is 11.9 Å². The van der Waals surface area contributed by atoms with Crippen LogP contribution in [-0.4, -0.2) is 41.0 Å². The first kappa shape index (κ1) is 14.5. The minimum Gasteiger partial charge on any atom is -0.481 e. The highest BCUT2D eigenvalue weighted by Gasteiger charge is 2.29. The summed E-state index contributed by atoms with van der Waals surface area (Å²) in [6.45, 7) is 0.969. The molecule has 1 amide bonds. The minimum atomic E-state index is -0.773. The number of nitrogens with zero attached hydrogens (tertiary/aromatic N) is 1. The van der Waals surface area contributed by atoms with Crippen LogP contribution in [-0.2, 0) is 16.0 Å². The number of likely N-dealkylation sites (tertiary alicyclic amines) is 1. The van der Waals surface area contributed by atoms with Gasteiger partial charge in [-0.1, -0.05) is 30.3 Å². The second-order valence-electron chi connectivity index (χ2n) is 5.23. The first-order valence-electron chi connectivity index (χ1n) is 6.89. The van der Waals surface area contributed by atoms with E-state index in [1.165, 1.54) is 0 Å². The molecule has 5 heteroatoms. The molecule has 2 rings (SSSR count). The molecule has 5 nitrogen and oxygen atoms in total. The van der Waals surface area contributed by atoms with Gasteiger partial charge in [-0.25, -0.2) is 0 Å². The maximum absolute atomic E-state index is 12.2. The van der Waals surface area contributed by atoms with Gasteiger partial charge in [-0.3, -0.25) is 9.59 Å². The molecule has 0 bridgehead atoms. The molecule has 1 aliphatic rings. The maximum atomic E-state index is 12.2. The van der Waals surface area contributed by atoms with Crippen molar-refractivity contribution in [2.24, 2.45) is 11.7 Å². The lowest BCUT2D eigenvalue weighted by Crippen LogP contribution is -2.48. The maximum Gasteiger partial charge on any atom is 0.306 e. The van der Waals surface area contributed by atoms with Crippen LogP contribution in [0.25, 0.3) is 0 Å². The molecule has 1 aromatic carbocycles. The van der Waals surface area contributed by atoms with Crippen LogP contribution in [0.15, 0.2) is 30.3 Å². The number of benzene rings is 1. The summed E-state index contributed by atoms with van der Waals surface area (Å²) in [6.07, 6.45) is 1.54. The fourth-order valence-electron chi connectivity index (χ4n) is 2.54. The van der Waals surface area contributed by atoms with Crippen LogP contribution in [0.5, 0.6) is 0 Å². The molecule has 0 saturated carbocycles. The largest absolute Gasteiger partial charge is 0.481 e. The number of aliphatic carboxylic acids is 1. The van der Waals surface area contributed by atoms with E-state index in [0.29, 0.717) is 32.4 Å². The number of carbonyl (C=O) groups excluding carboxylic acids is 1. The Bertz CT molecular complexity index is 467. The van der Waals surface area contributed by atoms with E-state index in [1.54, 1.807) is 4.90 Å². The first-order chi connectivity index (χ1) is 9.58. The molecule has 1 fully saturated rings. The summed E-state index contributed by atoms with van der Waals surface area (Å²) in [6, 6.07) is 9.11. The van der Waals surface area contributed by atoms with Gasteiger partial charge in [0.05, 0.1) is 12.0 Å². The Morgan fingerprint density at radius 1 is 1.25 bits per heavy atom. The summed E-state index contributed by atoms with van der Waals surface area (Å²) >= 11 is 0. The van der Waals surface area contributed by atoms with Crippen molar-refractivity contribution in [2.45, 2.75) is 25.3 Å². The lowest BCUT2D eigenvalue weighted by atomic mass is 9.96. The number of carboxylic acid groups (broad SMARTS) is 1. The number of hydrogen-bond acceptors (Lipinski definition) is 3. The average molecular weight is 276 g/mol. The molecule has 108 valence electrons. The summed E-state index contributed by atoms with van der Waals surface area (Å²) in [5, 5.41) is 8.94. The molecular weight excluding hydrogens is 256 g/mol. The number of nitrogens with two attached hydrogens (primary N) is 1. The third-order valence-corrected chi connectivity index (χ3v) is 3.77. The molecule has 0 unspecified atom stereocenters. The first-order valence-corrected chi connectivity index (χ1v) is 6.89. The average Bonchev–Trinajstić information content (AvgIpc) is 2.47. The lowest BCUT2D eigenvalue weighted by Gasteiger charge is -2.32. The predicted molar refractivity (Wildman–Crippen MR) is 75.1 cm³/mol. The monoisotopic (exact) mass is 276 g/mol. The fourth-order valence-corrected chi connectivity index (χ4v) is 2.54. The van der Waals surface area contributed by atoms with Crippen LogP contribution in [0, 0.1) is 5.92 Å². The zero-order valence-electron chi connectivity index (χ0n) is 11.4. The van der Waals surface area contributed by atoms with Crippen molar-refractivity contribution in [3.05, 3.63) is 35.9 Å². The number of amides is 1. The van der Waals surface area contributed by atoms with Gasteiger partial charge in [0, 0.05) is 13.1 Å². The van der Waals surface area contributed by atoms with E-state index in [-0.39, 0.29) is 11.8 Å². The number of piperidine rings is 1. The van der Waals surface area contributed by atoms with Crippen LogP contribution < -0.4 is 5.73 Å². The minimum absolute atomic E-state index is 0.0855.